The first-order valence-corrected chi connectivity index (χ1v) is 6.37. The van der Waals surface area contributed by atoms with E-state index in [1.165, 1.54) is 7.11 Å². The number of ether oxygens (including phenoxy) is 2. The average Bonchev–Trinajstić information content (AvgIpc) is 2.97. The second-order valence-electron chi connectivity index (χ2n) is 4.44. The molecule has 0 unspecified atom stereocenters. The van der Waals surface area contributed by atoms with Crippen molar-refractivity contribution in [3.8, 4) is 23.3 Å². The minimum absolute atomic E-state index is 0.446. The van der Waals surface area contributed by atoms with Gasteiger partial charge in [-0.1, -0.05) is 0 Å². The van der Waals surface area contributed by atoms with Crippen molar-refractivity contribution in [2.45, 2.75) is 0 Å². The van der Waals surface area contributed by atoms with E-state index in [0.717, 1.165) is 11.0 Å². The van der Waals surface area contributed by atoms with Gasteiger partial charge >= 0.3 is 0 Å². The smallest absolute Gasteiger partial charge is 0.144 e. The van der Waals surface area contributed by atoms with Crippen molar-refractivity contribution in [3.63, 3.8) is 0 Å². The van der Waals surface area contributed by atoms with E-state index in [1.54, 1.807) is 25.4 Å². The summed E-state index contributed by atoms with van der Waals surface area (Å²) in [6.07, 6.45) is 3.61. The van der Waals surface area contributed by atoms with Crippen LogP contribution in [0.15, 0.2) is 42.7 Å². The molecule has 0 atom stereocenters. The molecule has 104 valence electrons. The zero-order valence-electron chi connectivity index (χ0n) is 11.7. The number of fused-ring (bicyclic) bond motifs is 1. The summed E-state index contributed by atoms with van der Waals surface area (Å²) in [4.78, 5) is 4.38. The fourth-order valence-electron chi connectivity index (χ4n) is 2.32. The Morgan fingerprint density at radius 3 is 2.76 bits per heavy atom. The number of methoxy groups -OCH3 is 2. The molecule has 0 saturated heterocycles. The van der Waals surface area contributed by atoms with E-state index >= 15 is 0 Å². The highest BCUT2D eigenvalue weighted by atomic mass is 16.5. The van der Waals surface area contributed by atoms with Crippen molar-refractivity contribution < 1.29 is 9.47 Å². The third kappa shape index (κ3) is 2.07. The molecule has 0 radical (unpaired) electrons. The summed E-state index contributed by atoms with van der Waals surface area (Å²) in [6.45, 7) is 0. The minimum Gasteiger partial charge on any atom is -0.497 e. The predicted octanol–water partition coefficient (Wildman–Crippen LogP) is 2.91. The fraction of sp³-hybridized carbons (Fsp3) is 0.125. The van der Waals surface area contributed by atoms with Crippen molar-refractivity contribution in [1.82, 2.24) is 9.55 Å². The van der Waals surface area contributed by atoms with Crippen LogP contribution in [0, 0.1) is 11.3 Å². The Hall–Kier alpha value is -3.00. The molecule has 5 nitrogen and oxygen atoms in total. The van der Waals surface area contributed by atoms with Gasteiger partial charge in [-0.2, -0.15) is 5.26 Å². The monoisotopic (exact) mass is 279 g/mol. The Kier molecular flexibility index (Phi) is 3.20. The van der Waals surface area contributed by atoms with Gasteiger partial charge in [0.05, 0.1) is 19.9 Å². The summed E-state index contributed by atoms with van der Waals surface area (Å²) < 4.78 is 12.4. The molecule has 0 amide bonds. The molecule has 0 aliphatic rings. The molecular formula is C16H13N3O2. The first kappa shape index (κ1) is 13.0. The van der Waals surface area contributed by atoms with E-state index in [1.807, 2.05) is 29.0 Å². The van der Waals surface area contributed by atoms with E-state index in [2.05, 4.69) is 11.1 Å². The average molecular weight is 279 g/mol. The standard InChI is InChI=1S/C16H13N3O2/c1-20-12-8-14(13(10-17)15(9-12)21-2)19-7-5-11-4-3-6-18-16(11)19/h3-9H,1-2H3. The van der Waals surface area contributed by atoms with E-state index in [0.29, 0.717) is 22.7 Å². The van der Waals surface area contributed by atoms with Gasteiger partial charge in [0, 0.05) is 29.9 Å². The first-order chi connectivity index (χ1) is 10.3. The largest absolute Gasteiger partial charge is 0.497 e. The predicted molar refractivity (Wildman–Crippen MR) is 78.9 cm³/mol. The number of hydrogen-bond acceptors (Lipinski definition) is 4. The summed E-state index contributed by atoms with van der Waals surface area (Å²) in [5, 5.41) is 10.5. The molecule has 0 aliphatic carbocycles. The van der Waals surface area contributed by atoms with Gasteiger partial charge in [0.2, 0.25) is 0 Å². The minimum atomic E-state index is 0.446. The number of aromatic nitrogens is 2. The zero-order chi connectivity index (χ0) is 14.8. The lowest BCUT2D eigenvalue weighted by molar-refractivity contribution is 0.393. The fourth-order valence-corrected chi connectivity index (χ4v) is 2.32. The highest BCUT2D eigenvalue weighted by molar-refractivity contribution is 5.79. The van der Waals surface area contributed by atoms with E-state index in [4.69, 9.17) is 9.47 Å². The molecule has 0 N–H and O–H groups in total. The molecule has 0 spiro atoms. The van der Waals surface area contributed by atoms with E-state index < -0.39 is 0 Å². The highest BCUT2D eigenvalue weighted by Gasteiger charge is 2.15. The molecule has 0 saturated carbocycles. The van der Waals surface area contributed by atoms with Crippen LogP contribution in [0.25, 0.3) is 16.7 Å². The quantitative estimate of drug-likeness (QED) is 0.739. The lowest BCUT2D eigenvalue weighted by Crippen LogP contribution is -2.01. The van der Waals surface area contributed by atoms with Gasteiger partial charge in [-0.15, -0.1) is 0 Å². The van der Waals surface area contributed by atoms with Gasteiger partial charge < -0.3 is 9.47 Å². The van der Waals surface area contributed by atoms with Crippen LogP contribution < -0.4 is 9.47 Å². The van der Waals surface area contributed by atoms with Crippen LogP contribution >= 0.6 is 0 Å². The molecular weight excluding hydrogens is 266 g/mol. The Morgan fingerprint density at radius 2 is 2.05 bits per heavy atom. The zero-order valence-corrected chi connectivity index (χ0v) is 11.7. The number of nitriles is 1. The summed E-state index contributed by atoms with van der Waals surface area (Å²) in [5.74, 6) is 1.10. The van der Waals surface area contributed by atoms with Crippen LogP contribution in [-0.4, -0.2) is 23.8 Å². The molecule has 21 heavy (non-hydrogen) atoms. The van der Waals surface area contributed by atoms with E-state index in [-0.39, 0.29) is 0 Å². The third-order valence-corrected chi connectivity index (χ3v) is 3.33. The second kappa shape index (κ2) is 5.17. The normalized spacial score (nSPS) is 10.3. The van der Waals surface area contributed by atoms with Gasteiger partial charge in [-0.25, -0.2) is 4.98 Å². The Morgan fingerprint density at radius 1 is 1.19 bits per heavy atom. The maximum Gasteiger partial charge on any atom is 0.144 e. The summed E-state index contributed by atoms with van der Waals surface area (Å²) in [7, 11) is 3.11. The Bertz CT molecular complexity index is 846. The molecule has 0 fully saturated rings. The first-order valence-electron chi connectivity index (χ1n) is 6.37. The number of benzene rings is 1. The van der Waals surface area contributed by atoms with Crippen LogP contribution in [0.3, 0.4) is 0 Å². The van der Waals surface area contributed by atoms with Crippen molar-refractivity contribution in [2.75, 3.05) is 14.2 Å². The van der Waals surface area contributed by atoms with Gasteiger partial charge in [0.15, 0.2) is 0 Å². The molecule has 3 aromatic rings. The van der Waals surface area contributed by atoms with Crippen LogP contribution in [-0.2, 0) is 0 Å². The molecule has 1 aromatic carbocycles. The Balaban J connectivity index is 2.33. The van der Waals surface area contributed by atoms with Crippen LogP contribution in [0.4, 0.5) is 0 Å². The molecule has 0 aliphatic heterocycles. The van der Waals surface area contributed by atoms with Gasteiger partial charge in [0.1, 0.15) is 28.8 Å². The number of rotatable bonds is 3. The van der Waals surface area contributed by atoms with Crippen LogP contribution in [0.2, 0.25) is 0 Å². The van der Waals surface area contributed by atoms with Crippen molar-refractivity contribution in [2.24, 2.45) is 0 Å². The molecule has 2 aromatic heterocycles. The lowest BCUT2D eigenvalue weighted by atomic mass is 10.1. The van der Waals surface area contributed by atoms with Crippen molar-refractivity contribution in [1.29, 1.82) is 5.26 Å². The van der Waals surface area contributed by atoms with Crippen molar-refractivity contribution in [3.05, 3.63) is 48.3 Å². The molecule has 0 bridgehead atoms. The molecule has 5 heteroatoms. The Labute approximate surface area is 122 Å². The van der Waals surface area contributed by atoms with Gasteiger partial charge in [0.25, 0.3) is 0 Å². The summed E-state index contributed by atoms with van der Waals surface area (Å²) in [5.41, 5.74) is 1.91. The number of hydrogen-bond donors (Lipinski definition) is 0. The van der Waals surface area contributed by atoms with Crippen molar-refractivity contribution >= 4 is 11.0 Å². The topological polar surface area (TPSA) is 60.1 Å². The lowest BCUT2D eigenvalue weighted by Gasteiger charge is -2.13. The van der Waals surface area contributed by atoms with Crippen LogP contribution in [0.1, 0.15) is 5.56 Å². The number of nitrogens with zero attached hydrogens (tertiary/aromatic N) is 3. The maximum atomic E-state index is 9.46. The number of pyridine rings is 1. The van der Waals surface area contributed by atoms with Gasteiger partial charge in [-0.05, 0) is 18.2 Å². The summed E-state index contributed by atoms with van der Waals surface area (Å²) >= 11 is 0. The van der Waals surface area contributed by atoms with Gasteiger partial charge in [-0.3, -0.25) is 4.57 Å². The third-order valence-electron chi connectivity index (χ3n) is 3.33. The molecule has 2 heterocycles. The SMILES string of the molecule is COc1cc(OC)c(C#N)c(-n2ccc3cccnc32)c1. The molecule has 3 rings (SSSR count). The van der Waals surface area contributed by atoms with Crippen LogP contribution in [0.5, 0.6) is 11.5 Å². The summed E-state index contributed by atoms with van der Waals surface area (Å²) in [6, 6.07) is 11.5. The highest BCUT2D eigenvalue weighted by Crippen LogP contribution is 2.32. The van der Waals surface area contributed by atoms with E-state index in [9.17, 15) is 5.26 Å². The second-order valence-corrected chi connectivity index (χ2v) is 4.44. The maximum absolute atomic E-state index is 9.46.